The van der Waals surface area contributed by atoms with Gasteiger partial charge in [-0.2, -0.15) is 0 Å². The zero-order chi connectivity index (χ0) is 29.6. The van der Waals surface area contributed by atoms with Crippen molar-refractivity contribution in [2.24, 2.45) is 21.7 Å². The molecule has 0 aromatic rings. The molecule has 0 N–H and O–H groups in total. The van der Waals surface area contributed by atoms with Crippen LogP contribution in [-0.4, -0.2) is 46.0 Å². The summed E-state index contributed by atoms with van der Waals surface area (Å²) in [4.78, 5) is 2.01. The minimum absolute atomic E-state index is 0. The summed E-state index contributed by atoms with van der Waals surface area (Å²) >= 11 is 1.95. The van der Waals surface area contributed by atoms with Gasteiger partial charge in [0.1, 0.15) is 0 Å². The molecule has 0 saturated heterocycles. The van der Waals surface area contributed by atoms with Crippen LogP contribution in [0.15, 0.2) is 0 Å². The zero-order valence-corrected chi connectivity index (χ0v) is 39.5. The van der Waals surface area contributed by atoms with E-state index in [0.717, 1.165) is 0 Å². The average Bonchev–Trinajstić information content (AvgIpc) is 3.62. The smallest absolute Gasteiger partial charge is 0 e. The molecule has 5 heteroatoms. The second-order valence-corrected chi connectivity index (χ2v) is 13.7. The molecule has 0 aromatic heterocycles. The molecule has 233 valence electrons. The van der Waals surface area contributed by atoms with Crippen LogP contribution in [0.2, 0.25) is 4.97 Å². The Bertz CT molecular complexity index is 457. The molecule has 4 fully saturated rings. The van der Waals surface area contributed by atoms with Crippen molar-refractivity contribution in [3.05, 3.63) is 126 Å². The second-order valence-electron chi connectivity index (χ2n) is 13.7. The van der Waals surface area contributed by atoms with E-state index in [9.17, 15) is 0 Å². The van der Waals surface area contributed by atoms with Gasteiger partial charge in [-0.1, -0.05) is 83.1 Å². The molecular weight excluding hydrogens is 1010 g/mol. The van der Waals surface area contributed by atoms with Gasteiger partial charge in [0, 0.05) is 68.4 Å². The Morgan fingerprint density at radius 2 is 0.429 bits per heavy atom. The number of rotatable bonds is 0. The van der Waals surface area contributed by atoms with Gasteiger partial charge in [0.25, 0.3) is 0 Å². The molecule has 4 aliphatic carbocycles. The molecule has 0 aliphatic heterocycles. The quantitative estimate of drug-likeness (QED) is 0.191. The molecule has 25 radical (unpaired) electrons. The molecule has 0 unspecified atom stereocenters. The van der Waals surface area contributed by atoms with Crippen molar-refractivity contribution in [1.82, 2.24) is 0 Å². The monoisotopic (exact) mass is 1070 g/mol. The first-order chi connectivity index (χ1) is 17.4. The van der Waals surface area contributed by atoms with Crippen LogP contribution in [0.1, 0.15) is 83.1 Å². The summed E-state index contributed by atoms with van der Waals surface area (Å²) in [7, 11) is 0. The minimum atomic E-state index is 0. The van der Waals surface area contributed by atoms with Gasteiger partial charge in [-0.3, -0.25) is 0 Å². The first-order valence-corrected chi connectivity index (χ1v) is 16.0. The molecule has 4 saturated carbocycles. The summed E-state index contributed by atoms with van der Waals surface area (Å²) in [6.45, 7) is 26.7. The summed E-state index contributed by atoms with van der Waals surface area (Å²) < 4.78 is 0. The fourth-order valence-corrected chi connectivity index (χ4v) is 3.50. The van der Waals surface area contributed by atoms with Crippen LogP contribution in [0.5, 0.6) is 0 Å². The van der Waals surface area contributed by atoms with E-state index in [4.69, 9.17) is 0 Å². The van der Waals surface area contributed by atoms with Crippen LogP contribution in [0.3, 0.4) is 0 Å². The zero-order valence-electron chi connectivity index (χ0n) is 28.3. The predicted molar refractivity (Wildman–Crippen MR) is 177 cm³/mol. The van der Waals surface area contributed by atoms with Crippen molar-refractivity contribution < 1.29 is 68.7 Å². The van der Waals surface area contributed by atoms with E-state index >= 15 is 0 Å². The van der Waals surface area contributed by atoms with Gasteiger partial charge in [-0.25, -0.2) is 0 Å². The van der Waals surface area contributed by atoms with E-state index in [1.165, 1.54) is 23.7 Å². The Morgan fingerprint density at radius 1 is 0.333 bits per heavy atom. The molecule has 0 amide bonds. The van der Waals surface area contributed by atoms with Gasteiger partial charge in [0.05, 0.1) is 0 Å². The second kappa shape index (κ2) is 27.6. The Morgan fingerprint density at radius 3 is 0.476 bits per heavy atom. The topological polar surface area (TPSA) is 0 Å². The summed E-state index contributed by atoms with van der Waals surface area (Å²) in [5.41, 5.74) is 1.29. The summed E-state index contributed by atoms with van der Waals surface area (Å²) in [6, 6.07) is 0. The SMILES string of the molecule is CC(C)(C)[C]1[CH][CH][CH][CH]1.CC(C)(C)[C]1[CH][CH][CH][CH]1.CC(C)(C)[C]1[CH][CH][CH][CH]1.CC(C)(C)[C]1[CH][CH][CH][CH]1.C[Te].[I-].[Nb].[Nb].[Te]. The van der Waals surface area contributed by atoms with E-state index in [0.29, 0.717) is 21.7 Å². The molecular formula is C37H55INb2Te2-. The molecule has 42 heavy (non-hydrogen) atoms. The molecule has 4 rings (SSSR count). The maximum Gasteiger partial charge on any atom is 0 e. The standard InChI is InChI=1S/4C9H13.CH3Te.HI.2Nb.Te/c4*1-9(2,3)8-6-4-5-7-8;1-2;;;;/h4*4-7H,1-3H3;1H3;1H;;;/p-1. The Hall–Kier alpha value is 3.79. The Labute approximate surface area is 346 Å². The van der Waals surface area contributed by atoms with Gasteiger partial charge >= 0.3 is 27.3 Å². The third-order valence-corrected chi connectivity index (χ3v) is 6.11. The van der Waals surface area contributed by atoms with Crippen molar-refractivity contribution in [3.63, 3.8) is 0 Å². The fraction of sp³-hybridized carbons (Fsp3) is 0.459. The molecule has 0 atom stereocenters. The molecule has 0 aromatic carbocycles. The first kappa shape index (κ1) is 55.2. The first-order valence-electron chi connectivity index (χ1n) is 13.7. The molecule has 0 bridgehead atoms. The Kier molecular flexibility index (Phi) is 36.3. The normalized spacial score (nSPS) is 19.9. The fourth-order valence-electron chi connectivity index (χ4n) is 3.50. The summed E-state index contributed by atoms with van der Waals surface area (Å²) in [5, 5.41) is 0. The molecule has 0 spiro atoms. The average molecular weight is 1070 g/mol. The van der Waals surface area contributed by atoms with Crippen LogP contribution in [0.25, 0.3) is 0 Å². The van der Waals surface area contributed by atoms with Crippen molar-refractivity contribution in [1.29, 1.82) is 0 Å². The van der Waals surface area contributed by atoms with Gasteiger partial charge in [0.15, 0.2) is 0 Å². The van der Waals surface area contributed by atoms with Crippen LogP contribution < -0.4 is 24.0 Å². The van der Waals surface area contributed by atoms with Crippen molar-refractivity contribution in [3.8, 4) is 0 Å². The van der Waals surface area contributed by atoms with Crippen LogP contribution in [-0.2, 0) is 44.8 Å². The van der Waals surface area contributed by atoms with Crippen molar-refractivity contribution in [2.45, 2.75) is 88.1 Å². The van der Waals surface area contributed by atoms with Crippen molar-refractivity contribution in [2.75, 3.05) is 0 Å². The van der Waals surface area contributed by atoms with Crippen molar-refractivity contribution >= 4 is 46.0 Å². The van der Waals surface area contributed by atoms with E-state index in [1.807, 2.05) is 27.3 Å². The third kappa shape index (κ3) is 25.8. The van der Waals surface area contributed by atoms with Gasteiger partial charge < -0.3 is 24.0 Å². The summed E-state index contributed by atoms with van der Waals surface area (Å²) in [6.07, 6.45) is 34.0. The van der Waals surface area contributed by atoms with Gasteiger partial charge in [-0.15, -0.1) is 0 Å². The molecule has 0 nitrogen and oxygen atoms in total. The maximum atomic E-state index is 2.22. The Balaban J connectivity index is -0.000000138. The maximum absolute atomic E-state index is 2.22. The van der Waals surface area contributed by atoms with Crippen LogP contribution >= 0.6 is 0 Å². The van der Waals surface area contributed by atoms with E-state index < -0.39 is 0 Å². The van der Waals surface area contributed by atoms with Gasteiger partial charge in [0.2, 0.25) is 0 Å². The molecule has 4 aliphatic rings. The third-order valence-electron chi connectivity index (χ3n) is 6.11. The number of hydrogen-bond donors (Lipinski definition) is 0. The van der Waals surface area contributed by atoms with E-state index in [-0.39, 0.29) is 92.4 Å². The van der Waals surface area contributed by atoms with Crippen LogP contribution in [0.4, 0.5) is 0 Å². The van der Waals surface area contributed by atoms with Crippen LogP contribution in [0, 0.1) is 148 Å². The minimum Gasteiger partial charge on any atom is -1.00 e. The summed E-state index contributed by atoms with van der Waals surface area (Å²) in [5.74, 6) is 5.68. The predicted octanol–water partition coefficient (Wildman–Crippen LogP) is 6.57. The van der Waals surface area contributed by atoms with E-state index in [1.54, 1.807) is 0 Å². The number of hydrogen-bond acceptors (Lipinski definition) is 0. The van der Waals surface area contributed by atoms with E-state index in [2.05, 4.69) is 186 Å². The molecule has 0 heterocycles. The largest absolute Gasteiger partial charge is 1.00 e. The number of halogens is 1. The van der Waals surface area contributed by atoms with Gasteiger partial charge in [-0.05, 0) is 148 Å².